The third-order valence-corrected chi connectivity index (χ3v) is 5.28. The number of nitrogens with zero attached hydrogens (tertiary/aromatic N) is 1. The summed E-state index contributed by atoms with van der Waals surface area (Å²) in [6.45, 7) is 0. The lowest BCUT2D eigenvalue weighted by Gasteiger charge is -1.99. The summed E-state index contributed by atoms with van der Waals surface area (Å²) in [6, 6.07) is 14.2. The Morgan fingerprint density at radius 2 is 1.80 bits per heavy atom. The van der Waals surface area contributed by atoms with Gasteiger partial charge in [-0.3, -0.25) is 14.9 Å². The van der Waals surface area contributed by atoms with Crippen molar-refractivity contribution in [2.24, 2.45) is 0 Å². The van der Waals surface area contributed by atoms with Gasteiger partial charge in [0.1, 0.15) is 0 Å². The van der Waals surface area contributed by atoms with Crippen LogP contribution in [-0.4, -0.2) is 16.8 Å². The second-order valence-electron chi connectivity index (χ2n) is 5.04. The van der Waals surface area contributed by atoms with Gasteiger partial charge in [0, 0.05) is 0 Å². The SMILES string of the molecule is O=C(Nc1ccc(C(=O)Nc2nc3ccccc3s2)s1)c1ccco1. The Kier molecular flexibility index (Phi) is 4.04. The van der Waals surface area contributed by atoms with Crippen LogP contribution >= 0.6 is 22.7 Å². The van der Waals surface area contributed by atoms with Crippen LogP contribution in [0.5, 0.6) is 0 Å². The molecule has 3 heterocycles. The summed E-state index contributed by atoms with van der Waals surface area (Å²) in [6.07, 6.45) is 1.43. The summed E-state index contributed by atoms with van der Waals surface area (Å²) >= 11 is 2.60. The number of furan rings is 1. The molecule has 0 unspecified atom stereocenters. The Hall–Kier alpha value is -2.97. The van der Waals surface area contributed by atoms with Gasteiger partial charge in [-0.05, 0) is 36.4 Å². The maximum absolute atomic E-state index is 12.4. The molecule has 1 aromatic carbocycles. The number of hydrogen-bond acceptors (Lipinski definition) is 6. The Labute approximate surface area is 150 Å². The smallest absolute Gasteiger partial charge is 0.291 e. The van der Waals surface area contributed by atoms with E-state index in [1.165, 1.54) is 28.9 Å². The van der Waals surface area contributed by atoms with Crippen molar-refractivity contribution in [3.05, 3.63) is 65.4 Å². The number of carbonyl (C=O) groups is 2. The Morgan fingerprint density at radius 1 is 0.920 bits per heavy atom. The van der Waals surface area contributed by atoms with E-state index in [1.54, 1.807) is 24.3 Å². The molecule has 4 rings (SSSR count). The van der Waals surface area contributed by atoms with Gasteiger partial charge in [-0.2, -0.15) is 0 Å². The minimum absolute atomic E-state index is 0.217. The van der Waals surface area contributed by atoms with Crippen LogP contribution in [0.2, 0.25) is 0 Å². The zero-order chi connectivity index (χ0) is 17.2. The quantitative estimate of drug-likeness (QED) is 0.556. The second-order valence-corrected chi connectivity index (χ2v) is 7.15. The number of nitrogens with one attached hydrogen (secondary N) is 2. The zero-order valence-electron chi connectivity index (χ0n) is 12.7. The molecule has 0 aliphatic heterocycles. The molecule has 4 aromatic rings. The van der Waals surface area contributed by atoms with Gasteiger partial charge in [0.05, 0.1) is 26.4 Å². The van der Waals surface area contributed by atoms with Crippen molar-refractivity contribution >= 4 is 54.8 Å². The number of amides is 2. The number of fused-ring (bicyclic) bond motifs is 1. The van der Waals surface area contributed by atoms with E-state index < -0.39 is 0 Å². The third-order valence-electron chi connectivity index (χ3n) is 3.33. The van der Waals surface area contributed by atoms with E-state index >= 15 is 0 Å². The summed E-state index contributed by atoms with van der Waals surface area (Å²) < 4.78 is 6.05. The molecule has 8 heteroatoms. The van der Waals surface area contributed by atoms with Crippen molar-refractivity contribution in [2.45, 2.75) is 0 Å². The van der Waals surface area contributed by atoms with Crippen LogP contribution in [0.3, 0.4) is 0 Å². The predicted octanol–water partition coefficient (Wildman–Crippen LogP) is 4.46. The van der Waals surface area contributed by atoms with Gasteiger partial charge in [-0.15, -0.1) is 11.3 Å². The summed E-state index contributed by atoms with van der Waals surface area (Å²) in [5, 5.41) is 6.60. The lowest BCUT2D eigenvalue weighted by molar-refractivity contribution is 0.0995. The number of hydrogen-bond donors (Lipinski definition) is 2. The van der Waals surface area contributed by atoms with Crippen molar-refractivity contribution in [2.75, 3.05) is 10.6 Å². The maximum atomic E-state index is 12.4. The fourth-order valence-electron chi connectivity index (χ4n) is 2.19. The highest BCUT2D eigenvalue weighted by Crippen LogP contribution is 2.27. The highest BCUT2D eigenvalue weighted by Gasteiger charge is 2.14. The van der Waals surface area contributed by atoms with Crippen molar-refractivity contribution in [3.8, 4) is 0 Å². The van der Waals surface area contributed by atoms with E-state index in [-0.39, 0.29) is 17.6 Å². The molecule has 0 aliphatic carbocycles. The largest absolute Gasteiger partial charge is 0.459 e. The highest BCUT2D eigenvalue weighted by atomic mass is 32.1. The minimum Gasteiger partial charge on any atom is -0.459 e. The normalized spacial score (nSPS) is 10.7. The van der Waals surface area contributed by atoms with Crippen molar-refractivity contribution in [3.63, 3.8) is 0 Å². The van der Waals surface area contributed by atoms with Crippen molar-refractivity contribution < 1.29 is 14.0 Å². The maximum Gasteiger partial charge on any atom is 0.291 e. The van der Waals surface area contributed by atoms with E-state index in [1.807, 2.05) is 24.3 Å². The Balaban J connectivity index is 1.45. The first-order valence-corrected chi connectivity index (χ1v) is 8.94. The van der Waals surface area contributed by atoms with Crippen LogP contribution in [0, 0.1) is 0 Å². The fraction of sp³-hybridized carbons (Fsp3) is 0. The van der Waals surface area contributed by atoms with Crippen LogP contribution in [0.4, 0.5) is 10.1 Å². The van der Waals surface area contributed by atoms with E-state index in [0.717, 1.165) is 10.2 Å². The highest BCUT2D eigenvalue weighted by molar-refractivity contribution is 7.22. The summed E-state index contributed by atoms with van der Waals surface area (Å²) in [5.74, 6) is -0.401. The molecule has 0 saturated heterocycles. The first-order valence-electron chi connectivity index (χ1n) is 7.31. The van der Waals surface area contributed by atoms with Crippen LogP contribution in [0.25, 0.3) is 10.2 Å². The average Bonchev–Trinajstić information content (AvgIpc) is 3.34. The Morgan fingerprint density at radius 3 is 2.60 bits per heavy atom. The number of para-hydroxylation sites is 1. The van der Waals surface area contributed by atoms with E-state index in [9.17, 15) is 9.59 Å². The van der Waals surface area contributed by atoms with Gasteiger partial charge in [0.25, 0.3) is 11.8 Å². The average molecular weight is 369 g/mol. The van der Waals surface area contributed by atoms with Gasteiger partial charge in [-0.1, -0.05) is 23.5 Å². The molecular formula is C17H11N3O3S2. The topological polar surface area (TPSA) is 84.2 Å². The molecule has 124 valence electrons. The molecule has 0 saturated carbocycles. The minimum atomic E-state index is -0.356. The molecule has 0 radical (unpaired) electrons. The number of rotatable bonds is 4. The molecule has 2 N–H and O–H groups in total. The van der Waals surface area contributed by atoms with Gasteiger partial charge in [-0.25, -0.2) is 4.98 Å². The lowest BCUT2D eigenvalue weighted by Crippen LogP contribution is -2.10. The lowest BCUT2D eigenvalue weighted by atomic mass is 10.3. The summed E-state index contributed by atoms with van der Waals surface area (Å²) in [5.41, 5.74) is 0.848. The van der Waals surface area contributed by atoms with Crippen LogP contribution in [0.15, 0.2) is 59.2 Å². The second kappa shape index (κ2) is 6.50. The van der Waals surface area contributed by atoms with Gasteiger partial charge < -0.3 is 9.73 Å². The van der Waals surface area contributed by atoms with Gasteiger partial charge >= 0.3 is 0 Å². The van der Waals surface area contributed by atoms with E-state index in [2.05, 4.69) is 15.6 Å². The van der Waals surface area contributed by atoms with Crippen LogP contribution in [-0.2, 0) is 0 Å². The summed E-state index contributed by atoms with van der Waals surface area (Å²) in [7, 11) is 0. The molecule has 0 bridgehead atoms. The molecule has 25 heavy (non-hydrogen) atoms. The number of thiophene rings is 1. The predicted molar refractivity (Wildman–Crippen MR) is 98.6 cm³/mol. The Bertz CT molecular complexity index is 1020. The molecular weight excluding hydrogens is 358 g/mol. The first-order chi connectivity index (χ1) is 12.2. The van der Waals surface area contributed by atoms with Gasteiger partial charge in [0.15, 0.2) is 10.9 Å². The molecule has 3 aromatic heterocycles. The standard InChI is InChI=1S/C17H11N3O3S2/c21-15(11-5-3-9-23-11)19-14-8-7-13(24-14)16(22)20-17-18-10-4-1-2-6-12(10)25-17/h1-9H,(H,19,21)(H,18,20,22). The van der Waals surface area contributed by atoms with Crippen LogP contribution in [0.1, 0.15) is 20.2 Å². The number of carbonyl (C=O) groups excluding carboxylic acids is 2. The number of anilines is 2. The van der Waals surface area contributed by atoms with E-state index in [0.29, 0.717) is 15.0 Å². The molecule has 0 fully saturated rings. The first kappa shape index (κ1) is 15.6. The number of benzene rings is 1. The molecule has 2 amide bonds. The molecule has 0 aliphatic rings. The monoisotopic (exact) mass is 369 g/mol. The van der Waals surface area contributed by atoms with Crippen molar-refractivity contribution in [1.29, 1.82) is 0 Å². The number of thiazole rings is 1. The molecule has 6 nitrogen and oxygen atoms in total. The van der Waals surface area contributed by atoms with Crippen LogP contribution < -0.4 is 10.6 Å². The van der Waals surface area contributed by atoms with E-state index in [4.69, 9.17) is 4.42 Å². The zero-order valence-corrected chi connectivity index (χ0v) is 14.3. The summed E-state index contributed by atoms with van der Waals surface area (Å²) in [4.78, 5) is 29.1. The van der Waals surface area contributed by atoms with Gasteiger partial charge in [0.2, 0.25) is 0 Å². The fourth-order valence-corrected chi connectivity index (χ4v) is 3.85. The molecule has 0 spiro atoms. The number of aromatic nitrogens is 1. The third kappa shape index (κ3) is 3.30. The molecule has 0 atom stereocenters. The van der Waals surface area contributed by atoms with Crippen molar-refractivity contribution in [1.82, 2.24) is 4.98 Å².